The van der Waals surface area contributed by atoms with Crippen LogP contribution in [0.4, 0.5) is 22.7 Å². The van der Waals surface area contributed by atoms with Crippen molar-refractivity contribution in [1.82, 2.24) is 0 Å². The first-order chi connectivity index (χ1) is 24.5. The predicted molar refractivity (Wildman–Crippen MR) is 216 cm³/mol. The Labute approximate surface area is 302 Å². The standard InChI is InChI=1S/C42H30N2O2P2S2/c49-47(43(39-21-7-9-23-41(39)45-47)35-19-11-17-33(29-35)31-13-3-1-4-14-31)37-25-27-38(28-26-37)48(50)44(40-22-8-10-24-42(40)46-48)36-20-12-18-34(30-36)32-15-5-2-6-16-32/h1-30H. The van der Waals surface area contributed by atoms with Crippen LogP contribution in [0, 0.1) is 0 Å². The molecule has 2 aliphatic heterocycles. The maximum atomic E-state index is 6.77. The lowest BCUT2D eigenvalue weighted by atomic mass is 10.1. The molecule has 0 spiro atoms. The smallest absolute Gasteiger partial charge is 0.239 e. The fourth-order valence-corrected chi connectivity index (χ4v) is 13.5. The number of para-hydroxylation sites is 4. The summed E-state index contributed by atoms with van der Waals surface area (Å²) in [5.74, 6) is 1.58. The molecule has 9 rings (SSSR count). The normalized spacial score (nSPS) is 19.0. The van der Waals surface area contributed by atoms with Gasteiger partial charge in [-0.25, -0.2) is 0 Å². The molecule has 2 unspecified atom stereocenters. The van der Waals surface area contributed by atoms with Crippen LogP contribution in [0.2, 0.25) is 0 Å². The first kappa shape index (κ1) is 31.1. The van der Waals surface area contributed by atoms with Gasteiger partial charge in [0.05, 0.1) is 11.4 Å². The van der Waals surface area contributed by atoms with Crippen LogP contribution in [0.5, 0.6) is 11.5 Å². The van der Waals surface area contributed by atoms with Crippen LogP contribution in [0.15, 0.2) is 182 Å². The van der Waals surface area contributed by atoms with E-state index in [4.69, 9.17) is 32.7 Å². The Kier molecular flexibility index (Phi) is 7.71. The third-order valence-corrected chi connectivity index (χ3v) is 16.5. The highest BCUT2D eigenvalue weighted by molar-refractivity contribution is 8.17. The van der Waals surface area contributed by atoms with Crippen LogP contribution in [0.25, 0.3) is 22.3 Å². The van der Waals surface area contributed by atoms with Gasteiger partial charge in [-0.05, 0) is 119 Å². The minimum absolute atomic E-state index is 0.788. The van der Waals surface area contributed by atoms with E-state index < -0.39 is 12.8 Å². The monoisotopic (exact) mass is 720 g/mol. The van der Waals surface area contributed by atoms with Gasteiger partial charge in [-0.15, -0.1) is 0 Å². The van der Waals surface area contributed by atoms with E-state index in [0.29, 0.717) is 0 Å². The molecule has 7 aromatic carbocycles. The first-order valence-electron chi connectivity index (χ1n) is 16.3. The van der Waals surface area contributed by atoms with Crippen LogP contribution in [0.1, 0.15) is 0 Å². The fourth-order valence-electron chi connectivity index (χ4n) is 6.69. The molecule has 0 aliphatic carbocycles. The van der Waals surface area contributed by atoms with Gasteiger partial charge in [0, 0.05) is 22.0 Å². The third kappa shape index (κ3) is 5.19. The van der Waals surface area contributed by atoms with E-state index in [1.165, 1.54) is 0 Å². The molecule has 0 fully saturated rings. The molecule has 0 bridgehead atoms. The average Bonchev–Trinajstić information content (AvgIpc) is 3.67. The highest BCUT2D eigenvalue weighted by atomic mass is 32.5. The van der Waals surface area contributed by atoms with Crippen LogP contribution in [-0.2, 0) is 23.6 Å². The second kappa shape index (κ2) is 12.4. The molecule has 0 N–H and O–H groups in total. The summed E-state index contributed by atoms with van der Waals surface area (Å²) in [5, 5.41) is 1.88. The maximum Gasteiger partial charge on any atom is 0.239 e. The molecular weight excluding hydrogens is 691 g/mol. The zero-order chi connectivity index (χ0) is 33.7. The Morgan fingerprint density at radius 1 is 0.360 bits per heavy atom. The Morgan fingerprint density at radius 3 is 1.14 bits per heavy atom. The molecule has 0 saturated carbocycles. The van der Waals surface area contributed by atoms with Crippen LogP contribution >= 0.6 is 12.8 Å². The lowest BCUT2D eigenvalue weighted by Gasteiger charge is -2.31. The number of anilines is 4. The summed E-state index contributed by atoms with van der Waals surface area (Å²) in [6.45, 7) is 0. The summed E-state index contributed by atoms with van der Waals surface area (Å²) in [7, 11) is 0. The average molecular weight is 721 g/mol. The molecule has 0 amide bonds. The topological polar surface area (TPSA) is 24.9 Å². The van der Waals surface area contributed by atoms with Gasteiger partial charge in [0.15, 0.2) is 11.5 Å². The molecule has 242 valence electrons. The van der Waals surface area contributed by atoms with E-state index in [1.54, 1.807) is 0 Å². The molecule has 7 aromatic rings. The lowest BCUT2D eigenvalue weighted by Crippen LogP contribution is -2.24. The van der Waals surface area contributed by atoms with Gasteiger partial charge in [0.1, 0.15) is 0 Å². The largest absolute Gasteiger partial charge is 0.442 e. The summed E-state index contributed by atoms with van der Waals surface area (Å²) in [5.41, 5.74) is 8.47. The molecule has 4 nitrogen and oxygen atoms in total. The van der Waals surface area contributed by atoms with Gasteiger partial charge in [-0.2, -0.15) is 0 Å². The third-order valence-electron chi connectivity index (χ3n) is 9.06. The molecular formula is C42H30N2O2P2S2. The Bertz CT molecular complexity index is 2300. The van der Waals surface area contributed by atoms with E-state index in [1.807, 2.05) is 48.5 Å². The van der Waals surface area contributed by atoms with Crippen molar-refractivity contribution in [1.29, 1.82) is 0 Å². The summed E-state index contributed by atoms with van der Waals surface area (Å²) < 4.78 is 18.0. The molecule has 8 heteroatoms. The van der Waals surface area contributed by atoms with Crippen molar-refractivity contribution in [3.05, 3.63) is 182 Å². The lowest BCUT2D eigenvalue weighted by molar-refractivity contribution is 0.639. The Hall–Kier alpha value is -4.96. The zero-order valence-corrected chi connectivity index (χ0v) is 30.2. The van der Waals surface area contributed by atoms with Crippen molar-refractivity contribution in [2.75, 3.05) is 9.34 Å². The number of fused-ring (bicyclic) bond motifs is 2. The van der Waals surface area contributed by atoms with Crippen molar-refractivity contribution in [3.63, 3.8) is 0 Å². The SMILES string of the molecule is S=P1(c2ccc(P3(=S)Oc4ccccc4N3c3cccc(-c4ccccc4)c3)cc2)Oc2ccccc2N1c1cccc(-c2ccccc2)c1. The van der Waals surface area contributed by atoms with Gasteiger partial charge < -0.3 is 9.05 Å². The minimum atomic E-state index is -2.80. The zero-order valence-electron chi connectivity index (χ0n) is 26.7. The van der Waals surface area contributed by atoms with E-state index >= 15 is 0 Å². The molecule has 2 aliphatic rings. The Balaban J connectivity index is 1.12. The molecule has 0 aromatic heterocycles. The summed E-state index contributed by atoms with van der Waals surface area (Å²) in [6, 6.07) is 62.5. The maximum absolute atomic E-state index is 6.77. The fraction of sp³-hybridized carbons (Fsp3) is 0. The quantitative estimate of drug-likeness (QED) is 0.159. The second-order valence-corrected chi connectivity index (χ2v) is 19.4. The predicted octanol–water partition coefficient (Wildman–Crippen LogP) is 11.4. The summed E-state index contributed by atoms with van der Waals surface area (Å²) in [6.07, 6.45) is -5.61. The number of hydrogen-bond donors (Lipinski definition) is 0. The van der Waals surface area contributed by atoms with Crippen LogP contribution in [-0.4, -0.2) is 0 Å². The van der Waals surface area contributed by atoms with E-state index in [9.17, 15) is 0 Å². The minimum Gasteiger partial charge on any atom is -0.442 e. The van der Waals surface area contributed by atoms with Crippen LogP contribution in [0.3, 0.4) is 0 Å². The highest BCUT2D eigenvalue weighted by Gasteiger charge is 2.43. The van der Waals surface area contributed by atoms with Gasteiger partial charge in [0.2, 0.25) is 12.8 Å². The van der Waals surface area contributed by atoms with Crippen LogP contribution < -0.4 is 29.0 Å². The summed E-state index contributed by atoms with van der Waals surface area (Å²) in [4.78, 5) is 0. The van der Waals surface area contributed by atoms with Gasteiger partial charge in [-0.1, -0.05) is 109 Å². The number of benzene rings is 7. The molecule has 2 atom stereocenters. The van der Waals surface area contributed by atoms with Gasteiger partial charge >= 0.3 is 0 Å². The molecule has 50 heavy (non-hydrogen) atoms. The van der Waals surface area contributed by atoms with Crippen molar-refractivity contribution in [2.45, 2.75) is 0 Å². The number of hydrogen-bond acceptors (Lipinski definition) is 4. The van der Waals surface area contributed by atoms with E-state index in [0.717, 1.165) is 67.1 Å². The van der Waals surface area contributed by atoms with Crippen molar-refractivity contribution in [3.8, 4) is 33.8 Å². The molecule has 0 radical (unpaired) electrons. The van der Waals surface area contributed by atoms with Crippen molar-refractivity contribution < 1.29 is 9.05 Å². The van der Waals surface area contributed by atoms with Gasteiger partial charge in [0.25, 0.3) is 0 Å². The van der Waals surface area contributed by atoms with E-state index in [2.05, 4.69) is 143 Å². The molecule has 2 heterocycles. The van der Waals surface area contributed by atoms with Crippen molar-refractivity contribution >= 4 is 69.8 Å². The second-order valence-electron chi connectivity index (χ2n) is 12.1. The molecule has 0 saturated heterocycles. The van der Waals surface area contributed by atoms with Gasteiger partial charge in [-0.3, -0.25) is 9.34 Å². The highest BCUT2D eigenvalue weighted by Crippen LogP contribution is 2.66. The number of rotatable bonds is 6. The first-order valence-corrected chi connectivity index (χ1v) is 21.7. The number of nitrogens with zero attached hydrogens (tertiary/aromatic N) is 2. The Morgan fingerprint density at radius 2 is 0.720 bits per heavy atom. The van der Waals surface area contributed by atoms with Crippen molar-refractivity contribution in [2.24, 2.45) is 0 Å². The van der Waals surface area contributed by atoms with E-state index in [-0.39, 0.29) is 0 Å². The summed E-state index contributed by atoms with van der Waals surface area (Å²) >= 11 is 13.2.